The van der Waals surface area contributed by atoms with Gasteiger partial charge in [0.05, 0.1) is 11.8 Å². The van der Waals surface area contributed by atoms with Crippen molar-refractivity contribution in [3.05, 3.63) is 41.3 Å². The van der Waals surface area contributed by atoms with Crippen LogP contribution in [0, 0.1) is 13.8 Å². The number of aryl methyl sites for hydroxylation is 2. The molecule has 1 atom stereocenters. The van der Waals surface area contributed by atoms with Gasteiger partial charge >= 0.3 is 0 Å². The number of aliphatic hydroxyl groups is 1. The van der Waals surface area contributed by atoms with Crippen LogP contribution in [0.25, 0.3) is 0 Å². The van der Waals surface area contributed by atoms with Gasteiger partial charge in [-0.2, -0.15) is 0 Å². The molecule has 1 N–H and O–H groups in total. The lowest BCUT2D eigenvalue weighted by atomic mass is 10.1. The first kappa shape index (κ1) is 12.2. The summed E-state index contributed by atoms with van der Waals surface area (Å²) in [6.45, 7) is 5.59. The molecule has 2 aromatic rings. The molecule has 0 saturated carbocycles. The highest BCUT2D eigenvalue weighted by molar-refractivity contribution is 7.99. The molecule has 0 aliphatic heterocycles. The van der Waals surface area contributed by atoms with Crippen LogP contribution in [0.3, 0.4) is 0 Å². The fourth-order valence-corrected chi connectivity index (χ4v) is 2.23. The fourth-order valence-electron chi connectivity index (χ4n) is 1.40. The SMILES string of the molecule is Cc1nc(Sc2ccc([C@@H](C)O)cc2)oc1C. The van der Waals surface area contributed by atoms with Crippen molar-refractivity contribution in [2.45, 2.75) is 37.0 Å². The van der Waals surface area contributed by atoms with E-state index < -0.39 is 6.10 Å². The molecule has 0 fully saturated rings. The van der Waals surface area contributed by atoms with Crippen molar-refractivity contribution < 1.29 is 9.52 Å². The summed E-state index contributed by atoms with van der Waals surface area (Å²) in [6.07, 6.45) is -0.430. The molecule has 0 aliphatic rings. The van der Waals surface area contributed by atoms with Gasteiger partial charge in [0.25, 0.3) is 5.22 Å². The highest BCUT2D eigenvalue weighted by atomic mass is 32.2. The third-order valence-corrected chi connectivity index (χ3v) is 3.43. The molecular weight excluding hydrogens is 234 g/mol. The smallest absolute Gasteiger partial charge is 0.260 e. The molecular formula is C13H15NO2S. The van der Waals surface area contributed by atoms with Gasteiger partial charge in [0.2, 0.25) is 0 Å². The van der Waals surface area contributed by atoms with E-state index in [0.717, 1.165) is 21.9 Å². The molecule has 4 heteroatoms. The van der Waals surface area contributed by atoms with E-state index in [-0.39, 0.29) is 0 Å². The second kappa shape index (κ2) is 4.94. The molecule has 0 aliphatic carbocycles. The second-order valence-corrected chi connectivity index (χ2v) is 4.99. The van der Waals surface area contributed by atoms with Crippen molar-refractivity contribution in [1.29, 1.82) is 0 Å². The average molecular weight is 249 g/mol. The Morgan fingerprint density at radius 1 is 1.24 bits per heavy atom. The van der Waals surface area contributed by atoms with Crippen LogP contribution < -0.4 is 0 Å². The van der Waals surface area contributed by atoms with Gasteiger partial charge < -0.3 is 9.52 Å². The largest absolute Gasteiger partial charge is 0.436 e. The van der Waals surface area contributed by atoms with Gasteiger partial charge in [-0.3, -0.25) is 0 Å². The zero-order valence-corrected chi connectivity index (χ0v) is 10.9. The van der Waals surface area contributed by atoms with E-state index in [4.69, 9.17) is 4.42 Å². The summed E-state index contributed by atoms with van der Waals surface area (Å²) >= 11 is 1.48. The van der Waals surface area contributed by atoms with Crippen molar-refractivity contribution in [3.63, 3.8) is 0 Å². The maximum absolute atomic E-state index is 9.41. The van der Waals surface area contributed by atoms with Crippen LogP contribution >= 0.6 is 11.8 Å². The molecule has 1 aromatic heterocycles. The van der Waals surface area contributed by atoms with Crippen LogP contribution in [-0.2, 0) is 0 Å². The van der Waals surface area contributed by atoms with Gasteiger partial charge in [0, 0.05) is 4.90 Å². The van der Waals surface area contributed by atoms with Crippen molar-refractivity contribution >= 4 is 11.8 Å². The van der Waals surface area contributed by atoms with E-state index >= 15 is 0 Å². The van der Waals surface area contributed by atoms with Crippen LogP contribution in [-0.4, -0.2) is 10.1 Å². The molecule has 0 radical (unpaired) electrons. The van der Waals surface area contributed by atoms with Crippen LogP contribution in [0.4, 0.5) is 0 Å². The third kappa shape index (κ3) is 2.90. The topological polar surface area (TPSA) is 46.3 Å². The van der Waals surface area contributed by atoms with Gasteiger partial charge in [-0.25, -0.2) is 4.98 Å². The Morgan fingerprint density at radius 2 is 1.88 bits per heavy atom. The van der Waals surface area contributed by atoms with E-state index in [9.17, 15) is 5.11 Å². The van der Waals surface area contributed by atoms with Crippen LogP contribution in [0.5, 0.6) is 0 Å². The zero-order valence-electron chi connectivity index (χ0n) is 10.1. The van der Waals surface area contributed by atoms with Crippen LogP contribution in [0.15, 0.2) is 38.8 Å². The number of hydrogen-bond donors (Lipinski definition) is 1. The second-order valence-electron chi connectivity index (χ2n) is 3.97. The quantitative estimate of drug-likeness (QED) is 0.904. The number of aliphatic hydroxyl groups excluding tert-OH is 1. The Hall–Kier alpha value is -1.26. The zero-order chi connectivity index (χ0) is 12.4. The van der Waals surface area contributed by atoms with E-state index in [1.807, 2.05) is 38.1 Å². The average Bonchev–Trinajstić information content (AvgIpc) is 2.58. The number of aromatic nitrogens is 1. The Labute approximate surface area is 105 Å². The highest BCUT2D eigenvalue weighted by Crippen LogP contribution is 2.29. The highest BCUT2D eigenvalue weighted by Gasteiger charge is 2.07. The number of rotatable bonds is 3. The molecule has 0 saturated heterocycles. The summed E-state index contributed by atoms with van der Waals surface area (Å²) in [4.78, 5) is 5.36. The summed E-state index contributed by atoms with van der Waals surface area (Å²) in [6, 6.07) is 7.74. The van der Waals surface area contributed by atoms with Crippen LogP contribution in [0.2, 0.25) is 0 Å². The molecule has 1 aromatic carbocycles. The minimum atomic E-state index is -0.430. The van der Waals surface area contributed by atoms with E-state index in [2.05, 4.69) is 4.98 Å². The lowest BCUT2D eigenvalue weighted by molar-refractivity contribution is 0.199. The molecule has 2 rings (SSSR count). The molecule has 3 nitrogen and oxygen atoms in total. The fraction of sp³-hybridized carbons (Fsp3) is 0.308. The summed E-state index contributed by atoms with van der Waals surface area (Å²) in [5, 5.41) is 10.1. The first-order chi connectivity index (χ1) is 8.06. The van der Waals surface area contributed by atoms with Gasteiger partial charge in [0.1, 0.15) is 5.76 Å². The minimum Gasteiger partial charge on any atom is -0.436 e. The number of benzene rings is 1. The first-order valence-electron chi connectivity index (χ1n) is 5.46. The molecule has 0 amide bonds. The molecule has 1 heterocycles. The van der Waals surface area contributed by atoms with Gasteiger partial charge in [-0.05, 0) is 50.2 Å². The summed E-state index contributed by atoms with van der Waals surface area (Å²) in [5.74, 6) is 0.855. The van der Waals surface area contributed by atoms with Crippen molar-refractivity contribution in [1.82, 2.24) is 4.98 Å². The first-order valence-corrected chi connectivity index (χ1v) is 6.28. The summed E-state index contributed by atoms with van der Waals surface area (Å²) < 4.78 is 5.50. The maximum Gasteiger partial charge on any atom is 0.260 e. The lowest BCUT2D eigenvalue weighted by Gasteiger charge is -2.04. The normalized spacial score (nSPS) is 12.7. The Bertz CT molecular complexity index is 483. The number of nitrogens with zero attached hydrogens (tertiary/aromatic N) is 1. The Balaban J connectivity index is 2.13. The van der Waals surface area contributed by atoms with E-state index in [1.54, 1.807) is 6.92 Å². The molecule has 90 valence electrons. The summed E-state index contributed by atoms with van der Waals surface area (Å²) in [5.41, 5.74) is 1.84. The van der Waals surface area contributed by atoms with E-state index in [1.165, 1.54) is 11.8 Å². The third-order valence-electron chi connectivity index (χ3n) is 2.58. The number of oxazole rings is 1. The lowest BCUT2D eigenvalue weighted by Crippen LogP contribution is -1.89. The predicted molar refractivity (Wildman–Crippen MR) is 67.2 cm³/mol. The van der Waals surface area contributed by atoms with Crippen molar-refractivity contribution in [3.8, 4) is 0 Å². The standard InChI is InChI=1S/C13H15NO2S/c1-8-10(3)16-13(14-8)17-12-6-4-11(5-7-12)9(2)15/h4-7,9,15H,1-3H3/t9-/m1/s1. The molecule has 17 heavy (non-hydrogen) atoms. The molecule has 0 unspecified atom stereocenters. The van der Waals surface area contributed by atoms with Crippen molar-refractivity contribution in [2.75, 3.05) is 0 Å². The molecule has 0 spiro atoms. The Morgan fingerprint density at radius 3 is 2.35 bits per heavy atom. The number of hydrogen-bond acceptors (Lipinski definition) is 4. The molecule has 0 bridgehead atoms. The van der Waals surface area contributed by atoms with Crippen molar-refractivity contribution in [2.24, 2.45) is 0 Å². The van der Waals surface area contributed by atoms with Gasteiger partial charge in [-0.1, -0.05) is 12.1 Å². The summed E-state index contributed by atoms with van der Waals surface area (Å²) in [7, 11) is 0. The maximum atomic E-state index is 9.41. The van der Waals surface area contributed by atoms with Crippen LogP contribution in [0.1, 0.15) is 30.0 Å². The van der Waals surface area contributed by atoms with E-state index in [0.29, 0.717) is 5.22 Å². The Kier molecular flexibility index (Phi) is 3.54. The predicted octanol–water partition coefficient (Wildman–Crippen LogP) is 3.50. The van der Waals surface area contributed by atoms with Gasteiger partial charge in [-0.15, -0.1) is 0 Å². The minimum absolute atomic E-state index is 0.430. The monoisotopic (exact) mass is 249 g/mol. The van der Waals surface area contributed by atoms with Gasteiger partial charge in [0.15, 0.2) is 0 Å².